The van der Waals surface area contributed by atoms with Gasteiger partial charge in [0.1, 0.15) is 15.0 Å². The average Bonchev–Trinajstić information content (AvgIpc) is 3.26. The smallest absolute Gasteiger partial charge is 0.271 e. The number of sulfonamides is 1. The first kappa shape index (κ1) is 18.9. The molecular weight excluding hydrogens is 388 g/mol. The summed E-state index contributed by atoms with van der Waals surface area (Å²) < 4.78 is 33.8. The van der Waals surface area contributed by atoms with Crippen LogP contribution in [-0.2, 0) is 10.0 Å². The molecule has 0 bridgehead atoms. The zero-order chi connectivity index (χ0) is 18.7. The normalized spacial score (nSPS) is 11.7. The van der Waals surface area contributed by atoms with Gasteiger partial charge in [0.15, 0.2) is 0 Å². The number of nitrogens with zero attached hydrogens (tertiary/aromatic N) is 1. The number of hydrogen-bond donors (Lipinski definition) is 1. The molecule has 0 unspecified atom stereocenters. The van der Waals surface area contributed by atoms with Crippen LogP contribution in [0.4, 0.5) is 5.69 Å². The molecule has 0 aliphatic heterocycles. The van der Waals surface area contributed by atoms with Crippen LogP contribution in [0.5, 0.6) is 5.75 Å². The molecule has 0 atom stereocenters. The summed E-state index contributed by atoms with van der Waals surface area (Å²) in [7, 11) is -3.69. The minimum absolute atomic E-state index is 0.250. The summed E-state index contributed by atoms with van der Waals surface area (Å²) in [6, 6.07) is 10.4. The van der Waals surface area contributed by atoms with Gasteiger partial charge >= 0.3 is 0 Å². The van der Waals surface area contributed by atoms with Crippen LogP contribution in [-0.4, -0.2) is 20.0 Å². The lowest BCUT2D eigenvalue weighted by molar-refractivity contribution is 0.342. The van der Waals surface area contributed by atoms with Crippen LogP contribution >= 0.6 is 22.7 Å². The molecule has 0 spiro atoms. The molecule has 0 aliphatic carbocycles. The molecule has 3 aromatic rings. The summed E-state index contributed by atoms with van der Waals surface area (Å²) in [5, 5.41) is 2.86. The predicted octanol–water partition coefficient (Wildman–Crippen LogP) is 5.19. The molecule has 0 fully saturated rings. The minimum Gasteiger partial charge on any atom is -0.492 e. The average molecular weight is 409 g/mol. The van der Waals surface area contributed by atoms with Crippen molar-refractivity contribution in [1.82, 2.24) is 4.98 Å². The van der Waals surface area contributed by atoms with Gasteiger partial charge in [0, 0.05) is 5.38 Å². The van der Waals surface area contributed by atoms with E-state index in [1.54, 1.807) is 36.4 Å². The van der Waals surface area contributed by atoms with Gasteiger partial charge in [-0.05, 0) is 37.1 Å². The number of benzene rings is 1. The Balaban J connectivity index is 1.86. The van der Waals surface area contributed by atoms with Crippen LogP contribution in [0.1, 0.15) is 32.4 Å². The van der Waals surface area contributed by atoms with Crippen molar-refractivity contribution < 1.29 is 13.2 Å². The van der Waals surface area contributed by atoms with E-state index in [2.05, 4.69) is 23.6 Å². The fourth-order valence-electron chi connectivity index (χ4n) is 2.27. The van der Waals surface area contributed by atoms with Crippen LogP contribution in [0.25, 0.3) is 9.88 Å². The van der Waals surface area contributed by atoms with Gasteiger partial charge in [-0.15, -0.1) is 22.7 Å². The van der Waals surface area contributed by atoms with Gasteiger partial charge < -0.3 is 4.74 Å². The Morgan fingerprint density at radius 1 is 1.19 bits per heavy atom. The molecule has 2 aromatic heterocycles. The highest BCUT2D eigenvalue weighted by Gasteiger charge is 2.20. The summed E-state index contributed by atoms with van der Waals surface area (Å²) in [5.74, 6) is 0.858. The number of hydrogen-bond acceptors (Lipinski definition) is 6. The molecule has 8 heteroatoms. The first-order chi connectivity index (χ1) is 12.4. The number of rotatable bonds is 7. The fourth-order valence-corrected chi connectivity index (χ4v) is 5.70. The minimum atomic E-state index is -3.69. The zero-order valence-corrected chi connectivity index (χ0v) is 17.2. The number of aromatic nitrogens is 1. The predicted molar refractivity (Wildman–Crippen MR) is 108 cm³/mol. The third-order valence-corrected chi connectivity index (χ3v) is 7.57. The zero-order valence-electron chi connectivity index (χ0n) is 14.7. The first-order valence-electron chi connectivity index (χ1n) is 8.21. The number of thiophene rings is 1. The van der Waals surface area contributed by atoms with E-state index >= 15 is 0 Å². The largest absolute Gasteiger partial charge is 0.492 e. The van der Waals surface area contributed by atoms with E-state index in [9.17, 15) is 8.42 Å². The number of nitrogens with one attached hydrogen (secondary N) is 1. The second kappa shape index (κ2) is 7.77. The van der Waals surface area contributed by atoms with Gasteiger partial charge in [-0.3, -0.25) is 4.72 Å². The molecule has 138 valence electrons. The van der Waals surface area contributed by atoms with Crippen molar-refractivity contribution in [3.63, 3.8) is 0 Å². The maximum atomic E-state index is 12.7. The van der Waals surface area contributed by atoms with Crippen molar-refractivity contribution >= 4 is 38.4 Å². The van der Waals surface area contributed by atoms with Crippen molar-refractivity contribution in [2.45, 2.75) is 30.9 Å². The lowest BCUT2D eigenvalue weighted by Crippen LogP contribution is -2.12. The molecular formula is C18H20N2O3S3. The molecule has 1 N–H and O–H groups in total. The van der Waals surface area contributed by atoms with Crippen molar-refractivity contribution in [3.8, 4) is 15.6 Å². The van der Waals surface area contributed by atoms with Crippen molar-refractivity contribution in [1.29, 1.82) is 0 Å². The summed E-state index contributed by atoms with van der Waals surface area (Å²) in [6.07, 6.45) is 0. The molecule has 5 nitrogen and oxygen atoms in total. The Morgan fingerprint density at radius 2 is 1.96 bits per heavy atom. The van der Waals surface area contributed by atoms with E-state index in [0.29, 0.717) is 24.0 Å². The maximum absolute atomic E-state index is 12.7. The van der Waals surface area contributed by atoms with Gasteiger partial charge in [-0.1, -0.05) is 26.0 Å². The Bertz CT molecular complexity index is 991. The van der Waals surface area contributed by atoms with E-state index in [0.717, 1.165) is 15.6 Å². The van der Waals surface area contributed by atoms with E-state index in [1.807, 2.05) is 12.3 Å². The van der Waals surface area contributed by atoms with Crippen molar-refractivity contribution in [3.05, 3.63) is 47.5 Å². The number of ether oxygens (including phenoxy) is 1. The van der Waals surface area contributed by atoms with Gasteiger partial charge in [0.05, 0.1) is 22.9 Å². The standard InChI is InChI=1S/C18H20N2O3S3/c1-4-23-15-8-6-5-7-13(15)20-26(21,22)17-10-9-16(25-17)18-19-14(11-24-18)12(2)3/h5-12,20H,4H2,1-3H3. The summed E-state index contributed by atoms with van der Waals surface area (Å²) in [6.45, 7) is 6.49. The number of para-hydroxylation sites is 2. The second-order valence-electron chi connectivity index (χ2n) is 5.89. The van der Waals surface area contributed by atoms with Gasteiger partial charge in [-0.25, -0.2) is 13.4 Å². The van der Waals surface area contributed by atoms with Gasteiger partial charge in [-0.2, -0.15) is 0 Å². The van der Waals surface area contributed by atoms with Crippen LogP contribution in [0, 0.1) is 0 Å². The highest BCUT2D eigenvalue weighted by Crippen LogP contribution is 2.35. The quantitative estimate of drug-likeness (QED) is 0.584. The molecule has 26 heavy (non-hydrogen) atoms. The lowest BCUT2D eigenvalue weighted by atomic mass is 10.2. The Morgan fingerprint density at radius 3 is 2.65 bits per heavy atom. The van der Waals surface area contributed by atoms with Crippen LogP contribution < -0.4 is 9.46 Å². The van der Waals surface area contributed by atoms with E-state index in [1.165, 1.54) is 22.7 Å². The number of anilines is 1. The second-order valence-corrected chi connectivity index (χ2v) is 9.74. The SMILES string of the molecule is CCOc1ccccc1NS(=O)(=O)c1ccc(-c2nc(C(C)C)cs2)s1. The topological polar surface area (TPSA) is 68.3 Å². The summed E-state index contributed by atoms with van der Waals surface area (Å²) >= 11 is 2.75. The Kier molecular flexibility index (Phi) is 5.64. The van der Waals surface area contributed by atoms with Crippen LogP contribution in [0.15, 0.2) is 46.0 Å². The summed E-state index contributed by atoms with van der Waals surface area (Å²) in [5.41, 5.74) is 1.45. The third-order valence-electron chi connectivity index (χ3n) is 3.60. The maximum Gasteiger partial charge on any atom is 0.271 e. The first-order valence-corrected chi connectivity index (χ1v) is 11.4. The Hall–Kier alpha value is -1.90. The van der Waals surface area contributed by atoms with Crippen LogP contribution in [0.2, 0.25) is 0 Å². The molecule has 3 rings (SSSR count). The molecule has 2 heterocycles. The van der Waals surface area contributed by atoms with Crippen molar-refractivity contribution in [2.24, 2.45) is 0 Å². The number of thiazole rings is 1. The molecule has 0 radical (unpaired) electrons. The highest BCUT2D eigenvalue weighted by atomic mass is 32.2. The molecule has 1 aromatic carbocycles. The molecule has 0 aliphatic rings. The van der Waals surface area contributed by atoms with E-state index in [4.69, 9.17) is 4.74 Å². The molecule has 0 saturated carbocycles. The fraction of sp³-hybridized carbons (Fsp3) is 0.278. The van der Waals surface area contributed by atoms with E-state index < -0.39 is 10.0 Å². The van der Waals surface area contributed by atoms with Gasteiger partial charge in [0.2, 0.25) is 0 Å². The molecule has 0 saturated heterocycles. The molecule has 0 amide bonds. The third kappa shape index (κ3) is 4.08. The monoisotopic (exact) mass is 408 g/mol. The van der Waals surface area contributed by atoms with Gasteiger partial charge in [0.25, 0.3) is 10.0 Å². The summed E-state index contributed by atoms with van der Waals surface area (Å²) in [4.78, 5) is 5.44. The van der Waals surface area contributed by atoms with Crippen LogP contribution in [0.3, 0.4) is 0 Å². The van der Waals surface area contributed by atoms with Crippen molar-refractivity contribution in [2.75, 3.05) is 11.3 Å². The van der Waals surface area contributed by atoms with E-state index in [-0.39, 0.29) is 4.21 Å². The highest BCUT2D eigenvalue weighted by molar-refractivity contribution is 7.94. The lowest BCUT2D eigenvalue weighted by Gasteiger charge is -2.11. The Labute approximate surface area is 161 Å².